The van der Waals surface area contributed by atoms with Gasteiger partial charge in [-0.2, -0.15) is 0 Å². The van der Waals surface area contributed by atoms with Crippen molar-refractivity contribution < 1.29 is 19.4 Å². The monoisotopic (exact) mass is 440 g/mol. The maximum atomic E-state index is 13.2. The third kappa shape index (κ3) is 3.39. The molecule has 5 rings (SSSR count). The van der Waals surface area contributed by atoms with Gasteiger partial charge >= 0.3 is 0 Å². The van der Waals surface area contributed by atoms with E-state index in [1.165, 1.54) is 4.90 Å². The molecule has 6 nitrogen and oxygen atoms in total. The van der Waals surface area contributed by atoms with Crippen LogP contribution in [0.5, 0.6) is 0 Å². The maximum Gasteiger partial charge on any atom is 0.295 e. The third-order valence-electron chi connectivity index (χ3n) is 6.32. The van der Waals surface area contributed by atoms with Crippen molar-refractivity contribution in [3.8, 4) is 0 Å². The molecule has 0 spiro atoms. The van der Waals surface area contributed by atoms with Crippen LogP contribution in [0.25, 0.3) is 27.4 Å². The van der Waals surface area contributed by atoms with Crippen LogP contribution in [0.4, 0.5) is 0 Å². The van der Waals surface area contributed by atoms with Crippen LogP contribution >= 0.6 is 0 Å². The molecule has 1 saturated heterocycles. The number of nitrogens with zero attached hydrogens (tertiary/aromatic N) is 2. The number of methoxy groups -OCH3 is 1. The fourth-order valence-electron chi connectivity index (χ4n) is 4.71. The van der Waals surface area contributed by atoms with Gasteiger partial charge in [0.2, 0.25) is 0 Å². The van der Waals surface area contributed by atoms with Crippen LogP contribution in [0, 0.1) is 0 Å². The molecule has 4 aromatic rings. The summed E-state index contributed by atoms with van der Waals surface area (Å²) < 4.78 is 7.17. The summed E-state index contributed by atoms with van der Waals surface area (Å²) in [6, 6.07) is 20.4. The molecular weight excluding hydrogens is 416 g/mol. The Kier molecular flexibility index (Phi) is 5.23. The second-order valence-electron chi connectivity index (χ2n) is 8.26. The number of carbonyl (C=O) groups excluding carboxylic acids is 2. The van der Waals surface area contributed by atoms with Crippen LogP contribution in [-0.2, 0) is 21.4 Å². The molecule has 1 atom stereocenters. The van der Waals surface area contributed by atoms with Crippen LogP contribution in [0.2, 0.25) is 0 Å². The Bertz CT molecular complexity index is 1430. The number of aliphatic hydroxyl groups excluding tert-OH is 1. The second kappa shape index (κ2) is 8.22. The molecule has 1 N–H and O–H groups in total. The average molecular weight is 440 g/mol. The number of fused-ring (bicyclic) bond motifs is 2. The highest BCUT2D eigenvalue weighted by Crippen LogP contribution is 2.42. The summed E-state index contributed by atoms with van der Waals surface area (Å²) in [6.07, 6.45) is 1.93. The Morgan fingerprint density at radius 3 is 2.52 bits per heavy atom. The molecule has 166 valence electrons. The van der Waals surface area contributed by atoms with Crippen LogP contribution in [-0.4, -0.2) is 46.5 Å². The second-order valence-corrected chi connectivity index (χ2v) is 8.26. The number of para-hydroxylation sites is 1. The molecule has 3 aromatic carbocycles. The Balaban J connectivity index is 1.73. The predicted octanol–water partition coefficient (Wildman–Crippen LogP) is 4.40. The number of likely N-dealkylation sites (tertiary alicyclic amines) is 1. The van der Waals surface area contributed by atoms with Gasteiger partial charge in [0.15, 0.2) is 0 Å². The number of hydrogen-bond donors (Lipinski definition) is 1. The number of amides is 1. The van der Waals surface area contributed by atoms with Crippen LogP contribution < -0.4 is 0 Å². The first-order chi connectivity index (χ1) is 16.0. The van der Waals surface area contributed by atoms with Crippen LogP contribution in [0.1, 0.15) is 17.2 Å². The topological polar surface area (TPSA) is 71.8 Å². The summed E-state index contributed by atoms with van der Waals surface area (Å²) in [5.41, 5.74) is 2.38. The van der Waals surface area contributed by atoms with Crippen molar-refractivity contribution >= 4 is 39.1 Å². The minimum absolute atomic E-state index is 0.0998. The molecule has 0 radical (unpaired) electrons. The molecule has 1 unspecified atom stereocenters. The first kappa shape index (κ1) is 21.0. The van der Waals surface area contributed by atoms with E-state index < -0.39 is 17.7 Å². The highest BCUT2D eigenvalue weighted by atomic mass is 16.5. The van der Waals surface area contributed by atoms with Gasteiger partial charge in [-0.3, -0.25) is 9.59 Å². The van der Waals surface area contributed by atoms with Gasteiger partial charge in [0.25, 0.3) is 11.7 Å². The number of ether oxygens (including phenoxy) is 1. The average Bonchev–Trinajstić information content (AvgIpc) is 3.30. The number of aromatic nitrogens is 1. The zero-order valence-corrected chi connectivity index (χ0v) is 18.5. The van der Waals surface area contributed by atoms with E-state index in [-0.39, 0.29) is 24.5 Å². The smallest absolute Gasteiger partial charge is 0.295 e. The molecule has 6 heteroatoms. The van der Waals surface area contributed by atoms with Crippen LogP contribution in [0.15, 0.2) is 78.5 Å². The Hall–Kier alpha value is -3.90. The van der Waals surface area contributed by atoms with Crippen molar-refractivity contribution in [1.82, 2.24) is 9.47 Å². The number of rotatable bonds is 5. The lowest BCUT2D eigenvalue weighted by molar-refractivity contribution is -0.140. The lowest BCUT2D eigenvalue weighted by Crippen LogP contribution is -2.32. The summed E-state index contributed by atoms with van der Waals surface area (Å²) in [7, 11) is 3.48. The zero-order chi connectivity index (χ0) is 23.1. The normalized spacial score (nSPS) is 18.0. The third-order valence-corrected chi connectivity index (χ3v) is 6.32. The number of Topliss-reactive ketones (excluding diaryl/α,β-unsaturated/α-hetero) is 1. The van der Waals surface area contributed by atoms with E-state index in [1.54, 1.807) is 13.2 Å². The van der Waals surface area contributed by atoms with E-state index in [0.717, 1.165) is 27.2 Å². The van der Waals surface area contributed by atoms with Crippen molar-refractivity contribution in [3.63, 3.8) is 0 Å². The first-order valence-electron chi connectivity index (χ1n) is 10.8. The molecule has 0 aliphatic carbocycles. The zero-order valence-electron chi connectivity index (χ0n) is 18.5. The lowest BCUT2D eigenvalue weighted by Gasteiger charge is -2.24. The van der Waals surface area contributed by atoms with Gasteiger partial charge in [-0.25, -0.2) is 0 Å². The van der Waals surface area contributed by atoms with E-state index in [9.17, 15) is 14.7 Å². The van der Waals surface area contributed by atoms with E-state index in [2.05, 4.69) is 0 Å². The molecule has 0 bridgehead atoms. The van der Waals surface area contributed by atoms with Gasteiger partial charge in [0.05, 0.1) is 18.2 Å². The SMILES string of the molecule is COCCN1C(=O)C(=O)/C(=C(/O)c2ccc3ccccc3c2)C1c1cn(C)c2ccccc12. The van der Waals surface area contributed by atoms with Gasteiger partial charge in [-0.1, -0.05) is 54.6 Å². The van der Waals surface area contributed by atoms with Gasteiger partial charge < -0.3 is 19.3 Å². The highest BCUT2D eigenvalue weighted by Gasteiger charge is 2.46. The molecular formula is C27H24N2O4. The summed E-state index contributed by atoms with van der Waals surface area (Å²) in [4.78, 5) is 27.8. The standard InChI is InChI=1S/C27H24N2O4/c1-28-16-21(20-9-5-6-10-22(20)28)24-23(26(31)27(32)29(24)13-14-33-2)25(30)19-12-11-17-7-3-4-8-18(17)15-19/h3-12,15-16,24,30H,13-14H2,1-2H3/b25-23+. The molecule has 33 heavy (non-hydrogen) atoms. The van der Waals surface area contributed by atoms with Crippen molar-refractivity contribution in [1.29, 1.82) is 0 Å². The lowest BCUT2D eigenvalue weighted by atomic mass is 9.94. The Morgan fingerprint density at radius 1 is 1.00 bits per heavy atom. The summed E-state index contributed by atoms with van der Waals surface area (Å²) in [5, 5.41) is 14.3. The van der Waals surface area contributed by atoms with Crippen molar-refractivity contribution in [2.24, 2.45) is 7.05 Å². The van der Waals surface area contributed by atoms with E-state index in [0.29, 0.717) is 5.56 Å². The summed E-state index contributed by atoms with van der Waals surface area (Å²) in [6.45, 7) is 0.522. The number of ketones is 1. The largest absolute Gasteiger partial charge is 0.507 e. The molecule has 1 fully saturated rings. The maximum absolute atomic E-state index is 13.2. The Labute approximate surface area is 191 Å². The number of aliphatic hydroxyl groups is 1. The summed E-state index contributed by atoms with van der Waals surface area (Å²) >= 11 is 0. The van der Waals surface area contributed by atoms with Crippen molar-refractivity contribution in [2.45, 2.75) is 6.04 Å². The Morgan fingerprint density at radius 2 is 1.73 bits per heavy atom. The molecule has 0 saturated carbocycles. The molecule has 1 aliphatic heterocycles. The summed E-state index contributed by atoms with van der Waals surface area (Å²) in [5.74, 6) is -1.49. The fourth-order valence-corrected chi connectivity index (χ4v) is 4.71. The van der Waals surface area contributed by atoms with E-state index in [1.807, 2.05) is 78.5 Å². The van der Waals surface area contributed by atoms with E-state index >= 15 is 0 Å². The van der Waals surface area contributed by atoms with Crippen LogP contribution in [0.3, 0.4) is 0 Å². The number of benzene rings is 3. The van der Waals surface area contributed by atoms with Crippen molar-refractivity contribution in [2.75, 3.05) is 20.3 Å². The van der Waals surface area contributed by atoms with Gasteiger partial charge in [-0.15, -0.1) is 0 Å². The number of hydrogen-bond acceptors (Lipinski definition) is 4. The quantitative estimate of drug-likeness (QED) is 0.284. The fraction of sp³-hybridized carbons (Fsp3) is 0.185. The van der Waals surface area contributed by atoms with Gasteiger partial charge in [-0.05, 0) is 22.9 Å². The minimum Gasteiger partial charge on any atom is -0.507 e. The van der Waals surface area contributed by atoms with Gasteiger partial charge in [0.1, 0.15) is 5.76 Å². The molecule has 1 aromatic heterocycles. The molecule has 1 aliphatic rings. The minimum atomic E-state index is -0.710. The number of aryl methyl sites for hydroxylation is 1. The number of carbonyl (C=O) groups is 2. The predicted molar refractivity (Wildman–Crippen MR) is 128 cm³/mol. The molecule has 1 amide bonds. The van der Waals surface area contributed by atoms with E-state index in [4.69, 9.17) is 4.74 Å². The molecule has 2 heterocycles. The first-order valence-corrected chi connectivity index (χ1v) is 10.8. The van der Waals surface area contributed by atoms with Crippen molar-refractivity contribution in [3.05, 3.63) is 89.6 Å². The highest BCUT2D eigenvalue weighted by molar-refractivity contribution is 6.46. The van der Waals surface area contributed by atoms with Gasteiger partial charge in [0, 0.05) is 48.9 Å².